The molecule has 1 aromatic heterocycles. The van der Waals surface area contributed by atoms with Gasteiger partial charge in [-0.05, 0) is 48.9 Å². The zero-order chi connectivity index (χ0) is 19.2. The van der Waals surface area contributed by atoms with Gasteiger partial charge in [-0.1, -0.05) is 25.5 Å². The number of ether oxygens (including phenoxy) is 1. The molecule has 1 aliphatic carbocycles. The van der Waals surface area contributed by atoms with Crippen LogP contribution in [-0.4, -0.2) is 24.7 Å². The van der Waals surface area contributed by atoms with Gasteiger partial charge in [0.25, 0.3) is 5.91 Å². The molecule has 1 amide bonds. The highest BCUT2D eigenvalue weighted by Crippen LogP contribution is 2.33. The number of para-hydroxylation sites is 1. The van der Waals surface area contributed by atoms with Crippen LogP contribution in [0.15, 0.2) is 35.4 Å². The molecule has 7 heteroatoms. The van der Waals surface area contributed by atoms with Crippen LogP contribution >= 0.6 is 11.3 Å². The van der Waals surface area contributed by atoms with E-state index in [1.165, 1.54) is 40.8 Å². The fourth-order valence-corrected chi connectivity index (χ4v) is 4.23. The maximum Gasteiger partial charge on any atom is 0.281 e. The van der Waals surface area contributed by atoms with E-state index in [1.54, 1.807) is 24.3 Å². The minimum absolute atomic E-state index is 0.244. The number of fused-ring (bicyclic) bond motifs is 1. The van der Waals surface area contributed by atoms with Crippen molar-refractivity contribution < 1.29 is 19.4 Å². The van der Waals surface area contributed by atoms with Gasteiger partial charge in [-0.2, -0.15) is 5.10 Å². The van der Waals surface area contributed by atoms with Gasteiger partial charge in [0.2, 0.25) is 0 Å². The van der Waals surface area contributed by atoms with E-state index in [-0.39, 0.29) is 5.91 Å². The summed E-state index contributed by atoms with van der Waals surface area (Å²) in [5.41, 5.74) is 4.38. The summed E-state index contributed by atoms with van der Waals surface area (Å²) in [5.74, 6) is -0.482. The lowest BCUT2D eigenvalue weighted by Crippen LogP contribution is -2.29. The van der Waals surface area contributed by atoms with E-state index in [0.29, 0.717) is 22.1 Å². The number of carbonyl (C=O) groups excluding carboxylic acids is 2. The van der Waals surface area contributed by atoms with Gasteiger partial charge in [-0.3, -0.25) is 4.79 Å². The lowest BCUT2D eigenvalue weighted by atomic mass is 9.87. The molecule has 0 bridgehead atoms. The van der Waals surface area contributed by atoms with Crippen LogP contribution in [0.2, 0.25) is 0 Å². The molecule has 2 aromatic rings. The van der Waals surface area contributed by atoms with Crippen LogP contribution in [0.1, 0.15) is 45.4 Å². The molecule has 1 heterocycles. The number of nitrogens with zero attached hydrogens (tertiary/aromatic N) is 1. The van der Waals surface area contributed by atoms with E-state index in [0.717, 1.165) is 12.8 Å². The number of aryl methyl sites for hydroxylation is 1. The van der Waals surface area contributed by atoms with Crippen molar-refractivity contribution in [2.24, 2.45) is 11.0 Å². The van der Waals surface area contributed by atoms with Gasteiger partial charge in [0.15, 0.2) is 0 Å². The lowest BCUT2D eigenvalue weighted by Gasteiger charge is -2.19. The van der Waals surface area contributed by atoms with Gasteiger partial charge in [-0.15, -0.1) is 11.3 Å². The Morgan fingerprint density at radius 3 is 3.00 bits per heavy atom. The Morgan fingerprint density at radius 2 is 2.22 bits per heavy atom. The Balaban J connectivity index is 1.63. The van der Waals surface area contributed by atoms with E-state index >= 15 is 0 Å². The highest BCUT2D eigenvalue weighted by atomic mass is 32.1. The number of hydrazone groups is 1. The average molecular weight is 385 g/mol. The first kappa shape index (κ1) is 19.1. The van der Waals surface area contributed by atoms with Crippen LogP contribution in [0.4, 0.5) is 0 Å². The number of carboxylic acids is 1. The number of aliphatic carboxylic acids is 1. The molecule has 0 radical (unpaired) electrons. The van der Waals surface area contributed by atoms with Crippen molar-refractivity contribution >= 4 is 29.4 Å². The van der Waals surface area contributed by atoms with Crippen molar-refractivity contribution in [3.05, 3.63) is 51.2 Å². The molecule has 0 spiro atoms. The number of nitrogens with one attached hydrogen (secondary N) is 1. The number of thiophene rings is 1. The van der Waals surface area contributed by atoms with Gasteiger partial charge >= 0.3 is 0 Å². The van der Waals surface area contributed by atoms with Crippen LogP contribution in [-0.2, 0) is 17.6 Å². The van der Waals surface area contributed by atoms with Crippen molar-refractivity contribution in [2.75, 3.05) is 6.61 Å². The smallest absolute Gasteiger partial charge is 0.281 e. The maximum atomic E-state index is 12.4. The molecule has 0 fully saturated rings. The quantitative estimate of drug-likeness (QED) is 0.584. The van der Waals surface area contributed by atoms with E-state index < -0.39 is 12.6 Å². The predicted molar refractivity (Wildman–Crippen MR) is 102 cm³/mol. The second kappa shape index (κ2) is 8.81. The number of benzene rings is 1. The zero-order valence-electron chi connectivity index (χ0n) is 15.1. The third kappa shape index (κ3) is 4.95. The topological polar surface area (TPSA) is 90.8 Å². The summed E-state index contributed by atoms with van der Waals surface area (Å²) < 4.78 is 5.15. The van der Waals surface area contributed by atoms with E-state index in [4.69, 9.17) is 4.74 Å². The summed E-state index contributed by atoms with van der Waals surface area (Å²) in [4.78, 5) is 24.9. The summed E-state index contributed by atoms with van der Waals surface area (Å²) in [6.07, 6.45) is 5.87. The summed E-state index contributed by atoms with van der Waals surface area (Å²) in [6.45, 7) is 1.66. The van der Waals surface area contributed by atoms with Crippen molar-refractivity contribution in [1.29, 1.82) is 0 Å². The Bertz CT molecular complexity index is 859. The van der Waals surface area contributed by atoms with Gasteiger partial charge in [0.05, 0.1) is 17.1 Å². The molecule has 6 nitrogen and oxygen atoms in total. The molecule has 1 aliphatic rings. The third-order valence-corrected chi connectivity index (χ3v) is 5.86. The summed E-state index contributed by atoms with van der Waals surface area (Å²) in [5, 5.41) is 14.5. The van der Waals surface area contributed by atoms with Crippen molar-refractivity contribution in [2.45, 2.75) is 32.6 Å². The molecule has 1 aromatic carbocycles. The zero-order valence-corrected chi connectivity index (χ0v) is 15.9. The Labute approximate surface area is 161 Å². The first-order chi connectivity index (χ1) is 13.1. The Kier molecular flexibility index (Phi) is 6.24. The summed E-state index contributed by atoms with van der Waals surface area (Å²) >= 11 is 1.53. The average Bonchev–Trinajstić information content (AvgIpc) is 3.10. The molecule has 3 rings (SSSR count). The molecule has 0 saturated heterocycles. The molecular formula is C20H21N2O4S-. The van der Waals surface area contributed by atoms with Crippen molar-refractivity contribution in [1.82, 2.24) is 5.43 Å². The highest BCUT2D eigenvalue weighted by molar-refractivity contribution is 7.14. The van der Waals surface area contributed by atoms with Crippen LogP contribution in [0.3, 0.4) is 0 Å². The standard InChI is InChI=1S/C20H22N2O4S/c1-2-13-7-8-17-15(9-13)10-18(27-17)20(25)22-21-11-14-5-3-4-6-16(14)26-12-19(23)24/h3-6,10-11,13H,2,7-9,12H2,1H3,(H,22,25)(H,23,24)/p-1/b21-11-/t13-/m1/s1. The SMILES string of the molecule is CC[C@@H]1CCc2sc(C(=O)N/N=C\c3ccccc3OCC(=O)[O-])cc2C1. The van der Waals surface area contributed by atoms with Gasteiger partial charge in [0.1, 0.15) is 12.4 Å². The van der Waals surface area contributed by atoms with Crippen LogP contribution in [0, 0.1) is 5.92 Å². The molecule has 1 N–H and O–H groups in total. The number of carbonyl (C=O) groups is 2. The fourth-order valence-electron chi connectivity index (χ4n) is 3.13. The molecule has 0 saturated carbocycles. The van der Waals surface area contributed by atoms with Gasteiger partial charge < -0.3 is 14.6 Å². The molecule has 0 unspecified atom stereocenters. The van der Waals surface area contributed by atoms with E-state index in [9.17, 15) is 14.7 Å². The molecule has 0 aliphatic heterocycles. The van der Waals surface area contributed by atoms with Crippen LogP contribution in [0.5, 0.6) is 5.75 Å². The third-order valence-electron chi connectivity index (χ3n) is 4.62. The molecule has 27 heavy (non-hydrogen) atoms. The normalized spacial score (nSPS) is 16.1. The second-order valence-electron chi connectivity index (χ2n) is 6.47. The monoisotopic (exact) mass is 385 g/mol. The minimum atomic E-state index is -1.30. The molecular weight excluding hydrogens is 364 g/mol. The summed E-state index contributed by atoms with van der Waals surface area (Å²) in [6, 6.07) is 8.81. The largest absolute Gasteiger partial charge is 0.546 e. The first-order valence-electron chi connectivity index (χ1n) is 8.93. The number of amides is 1. The number of hydrogen-bond acceptors (Lipinski definition) is 6. The number of rotatable bonds is 7. The second-order valence-corrected chi connectivity index (χ2v) is 7.61. The molecule has 1 atom stereocenters. The van der Waals surface area contributed by atoms with Crippen LogP contribution < -0.4 is 15.3 Å². The van der Waals surface area contributed by atoms with Crippen molar-refractivity contribution in [3.8, 4) is 5.75 Å². The van der Waals surface area contributed by atoms with E-state index in [2.05, 4.69) is 17.5 Å². The maximum absolute atomic E-state index is 12.4. The molecule has 142 valence electrons. The lowest BCUT2D eigenvalue weighted by molar-refractivity contribution is -0.307. The minimum Gasteiger partial charge on any atom is -0.546 e. The highest BCUT2D eigenvalue weighted by Gasteiger charge is 2.21. The Hall–Kier alpha value is -2.67. The number of hydrogen-bond donors (Lipinski definition) is 1. The first-order valence-corrected chi connectivity index (χ1v) is 9.75. The predicted octanol–water partition coefficient (Wildman–Crippen LogP) is 2.16. The van der Waals surface area contributed by atoms with Crippen molar-refractivity contribution in [3.63, 3.8) is 0 Å². The Morgan fingerprint density at radius 1 is 1.41 bits per heavy atom. The summed E-state index contributed by atoms with van der Waals surface area (Å²) in [7, 11) is 0. The van der Waals surface area contributed by atoms with E-state index in [1.807, 2.05) is 6.07 Å². The number of carboxylic acid groups (broad SMARTS) is 1. The van der Waals surface area contributed by atoms with Gasteiger partial charge in [0, 0.05) is 10.4 Å². The van der Waals surface area contributed by atoms with Crippen LogP contribution in [0.25, 0.3) is 0 Å². The fraction of sp³-hybridized carbons (Fsp3) is 0.350. The van der Waals surface area contributed by atoms with Gasteiger partial charge in [-0.25, -0.2) is 5.43 Å².